The van der Waals surface area contributed by atoms with Crippen molar-refractivity contribution in [3.8, 4) is 0 Å². The van der Waals surface area contributed by atoms with Crippen molar-refractivity contribution < 1.29 is 15.1 Å². The van der Waals surface area contributed by atoms with Gasteiger partial charge >= 0.3 is 25.2 Å². The number of rotatable bonds is 0. The van der Waals surface area contributed by atoms with Gasteiger partial charge in [0.1, 0.15) is 0 Å². The maximum atomic E-state index is 5.11. The standard InChI is InChI=1S/2C3H9N.ClH.Cu/c2*1-3(2)4;;/h2*3H,4H2,1-2H3;1H;/q;;;+1/p-1. The number of nitrogens with two attached hydrogens (primary N) is 2. The zero-order valence-electron chi connectivity index (χ0n) is 6.99. The van der Waals surface area contributed by atoms with E-state index in [1.807, 2.05) is 27.7 Å². The van der Waals surface area contributed by atoms with Crippen molar-refractivity contribution in [3.05, 3.63) is 0 Å². The molecule has 0 radical (unpaired) electrons. The first-order chi connectivity index (χ1) is 4.46. The zero-order valence-corrected chi connectivity index (χ0v) is 8.69. The van der Waals surface area contributed by atoms with E-state index in [4.69, 9.17) is 11.5 Å². The number of hydrogen-bond donors (Lipinski definition) is 2. The molecule has 0 aromatic heterocycles. The fourth-order valence-electron chi connectivity index (χ4n) is 0. The average Bonchev–Trinajstić information content (AvgIpc) is 1.66. The molecule has 10 heavy (non-hydrogen) atoms. The molecule has 0 atom stereocenters. The van der Waals surface area contributed by atoms with Crippen LogP contribution >= 0.6 is 10.1 Å². The summed E-state index contributed by atoms with van der Waals surface area (Å²) in [7, 11) is 4.20. The Bertz CT molecular complexity index is 31.2. The Hall–Kier alpha value is 0.729. The summed E-state index contributed by atoms with van der Waals surface area (Å²) in [5.74, 6) is 0. The predicted molar refractivity (Wildman–Crippen MR) is 44.5 cm³/mol. The van der Waals surface area contributed by atoms with E-state index in [0.29, 0.717) is 12.1 Å². The van der Waals surface area contributed by atoms with Crippen LogP contribution in [0.3, 0.4) is 0 Å². The molecular weight excluding hydrogens is 199 g/mol. The van der Waals surface area contributed by atoms with Crippen LogP contribution in [0.4, 0.5) is 0 Å². The van der Waals surface area contributed by atoms with E-state index in [1.165, 1.54) is 0 Å². The molecule has 0 rings (SSSR count). The average molecular weight is 217 g/mol. The number of hydrogen-bond acceptors (Lipinski definition) is 2. The van der Waals surface area contributed by atoms with Gasteiger partial charge < -0.3 is 11.5 Å². The van der Waals surface area contributed by atoms with Crippen LogP contribution in [-0.4, -0.2) is 12.1 Å². The van der Waals surface area contributed by atoms with Gasteiger partial charge in [-0.05, 0) is 12.1 Å². The Morgan fingerprint density at radius 2 is 0.900 bits per heavy atom. The molecule has 0 spiro atoms. The molecule has 70 valence electrons. The summed E-state index contributed by atoms with van der Waals surface area (Å²) in [5, 5.41) is 0. The van der Waals surface area contributed by atoms with Crippen LogP contribution in [-0.2, 0) is 15.1 Å². The Labute approximate surface area is 76.7 Å². The van der Waals surface area contributed by atoms with Crippen LogP contribution in [0.5, 0.6) is 0 Å². The third kappa shape index (κ3) is 980. The van der Waals surface area contributed by atoms with Crippen molar-refractivity contribution in [2.24, 2.45) is 11.5 Å². The summed E-state index contributed by atoms with van der Waals surface area (Å²) in [6.07, 6.45) is 0. The molecule has 0 bridgehead atoms. The first-order valence-corrected chi connectivity index (χ1v) is 4.39. The van der Waals surface area contributed by atoms with Gasteiger partial charge in [0.2, 0.25) is 0 Å². The molecule has 0 unspecified atom stereocenters. The van der Waals surface area contributed by atoms with Gasteiger partial charge in [-0.2, -0.15) is 0 Å². The Morgan fingerprint density at radius 3 is 0.900 bits per heavy atom. The minimum absolute atomic E-state index is 0.333. The molecule has 0 heterocycles. The van der Waals surface area contributed by atoms with Gasteiger partial charge in [-0.15, -0.1) is 0 Å². The van der Waals surface area contributed by atoms with Gasteiger partial charge in [0, 0.05) is 0 Å². The molecule has 0 aliphatic rings. The van der Waals surface area contributed by atoms with Crippen LogP contribution in [0.1, 0.15) is 27.7 Å². The molecule has 4 N–H and O–H groups in total. The van der Waals surface area contributed by atoms with Crippen LogP contribution in [0.2, 0.25) is 0 Å². The van der Waals surface area contributed by atoms with Crippen molar-refractivity contribution in [1.29, 1.82) is 0 Å². The van der Waals surface area contributed by atoms with E-state index in [-0.39, 0.29) is 0 Å². The van der Waals surface area contributed by atoms with Gasteiger partial charge in [0.05, 0.1) is 0 Å². The quantitative estimate of drug-likeness (QED) is 0.602. The van der Waals surface area contributed by atoms with Crippen molar-refractivity contribution in [2.75, 3.05) is 0 Å². The normalized spacial score (nSPS) is 7.90. The fraction of sp³-hybridized carbons (Fsp3) is 1.00. The summed E-state index contributed by atoms with van der Waals surface area (Å²) in [6, 6.07) is 0.667. The first-order valence-electron chi connectivity index (χ1n) is 3.09. The molecule has 0 aromatic carbocycles. The molecule has 2 nitrogen and oxygen atoms in total. The van der Waals surface area contributed by atoms with Gasteiger partial charge in [-0.3, -0.25) is 0 Å². The Morgan fingerprint density at radius 1 is 0.900 bits per heavy atom. The maximum absolute atomic E-state index is 5.11. The van der Waals surface area contributed by atoms with Gasteiger partial charge in [-0.1, -0.05) is 27.7 Å². The Kier molecular flexibility index (Phi) is 27.8. The van der Waals surface area contributed by atoms with Crippen molar-refractivity contribution >= 4 is 10.1 Å². The van der Waals surface area contributed by atoms with Crippen LogP contribution in [0, 0.1) is 0 Å². The molecule has 0 aromatic rings. The molecule has 4 heteroatoms. The van der Waals surface area contributed by atoms with E-state index in [1.54, 1.807) is 0 Å². The third-order valence-corrected chi connectivity index (χ3v) is 0. The minimum atomic E-state index is 0.333. The second kappa shape index (κ2) is 16.4. The van der Waals surface area contributed by atoms with E-state index in [2.05, 4.69) is 25.2 Å². The molecule has 0 aliphatic carbocycles. The van der Waals surface area contributed by atoms with Crippen molar-refractivity contribution in [1.82, 2.24) is 0 Å². The monoisotopic (exact) mass is 216 g/mol. The summed E-state index contributed by atoms with van der Waals surface area (Å²) >= 11 is 3.66. The van der Waals surface area contributed by atoms with Crippen molar-refractivity contribution in [2.45, 2.75) is 39.8 Å². The van der Waals surface area contributed by atoms with Crippen LogP contribution in [0.15, 0.2) is 0 Å². The molecule has 0 fully saturated rings. The van der Waals surface area contributed by atoms with Gasteiger partial charge in [0.25, 0.3) is 0 Å². The summed E-state index contributed by atoms with van der Waals surface area (Å²) in [4.78, 5) is 0. The van der Waals surface area contributed by atoms with Crippen LogP contribution in [0.25, 0.3) is 0 Å². The molecule has 0 aliphatic heterocycles. The molecule has 0 amide bonds. The molecule has 0 saturated carbocycles. The third-order valence-electron chi connectivity index (χ3n) is 0. The van der Waals surface area contributed by atoms with Crippen molar-refractivity contribution in [3.63, 3.8) is 0 Å². The second-order valence-corrected chi connectivity index (χ2v) is 2.49. The van der Waals surface area contributed by atoms with E-state index in [9.17, 15) is 0 Å². The van der Waals surface area contributed by atoms with E-state index >= 15 is 0 Å². The van der Waals surface area contributed by atoms with Crippen LogP contribution < -0.4 is 11.5 Å². The summed E-state index contributed by atoms with van der Waals surface area (Å²) in [6.45, 7) is 7.78. The van der Waals surface area contributed by atoms with Gasteiger partial charge in [0.15, 0.2) is 0 Å². The zero-order chi connectivity index (χ0) is 9.15. The second-order valence-electron chi connectivity index (χ2n) is 2.49. The molecular formula is C6H18ClCuN2. The summed E-state index contributed by atoms with van der Waals surface area (Å²) < 4.78 is 0. The first kappa shape index (κ1) is 17.0. The fourth-order valence-corrected chi connectivity index (χ4v) is 0. The topological polar surface area (TPSA) is 52.0 Å². The van der Waals surface area contributed by atoms with E-state index < -0.39 is 0 Å². The SMILES string of the molecule is CC(C)N.CC(C)N.[Cl][Cu]. The Balaban J connectivity index is -0.0000000787. The van der Waals surface area contributed by atoms with Gasteiger partial charge in [-0.25, -0.2) is 0 Å². The number of halogens is 1. The predicted octanol–water partition coefficient (Wildman–Crippen LogP) is 1.39. The van der Waals surface area contributed by atoms with E-state index in [0.717, 1.165) is 0 Å². The summed E-state index contributed by atoms with van der Waals surface area (Å²) in [5.41, 5.74) is 10.2. The molecule has 0 saturated heterocycles.